The van der Waals surface area contributed by atoms with Crippen LogP contribution in [0.4, 0.5) is 5.69 Å². The highest BCUT2D eigenvalue weighted by Crippen LogP contribution is 2.24. The Balaban J connectivity index is 1.78. The molecule has 128 valence electrons. The summed E-state index contributed by atoms with van der Waals surface area (Å²) < 4.78 is 5.14. The van der Waals surface area contributed by atoms with E-state index in [1.54, 1.807) is 0 Å². The maximum absolute atomic E-state index is 11.8. The van der Waals surface area contributed by atoms with Crippen molar-refractivity contribution in [3.63, 3.8) is 0 Å². The lowest BCUT2D eigenvalue weighted by atomic mass is 9.96. The van der Waals surface area contributed by atoms with Gasteiger partial charge in [-0.25, -0.2) is 0 Å². The average Bonchev–Trinajstić information content (AvgIpc) is 2.60. The van der Waals surface area contributed by atoms with Crippen LogP contribution in [0.5, 0.6) is 0 Å². The van der Waals surface area contributed by atoms with E-state index in [1.165, 1.54) is 43.4 Å². The molecule has 2 rings (SSSR count). The van der Waals surface area contributed by atoms with Crippen LogP contribution >= 0.6 is 0 Å². The van der Waals surface area contributed by atoms with E-state index in [0.29, 0.717) is 6.61 Å². The second-order valence-electron chi connectivity index (χ2n) is 6.49. The maximum Gasteiger partial charge on any atom is 0.309 e. The topological polar surface area (TPSA) is 29.5 Å². The van der Waals surface area contributed by atoms with Crippen LogP contribution in [0.1, 0.15) is 57.9 Å². The van der Waals surface area contributed by atoms with Crippen molar-refractivity contribution in [1.29, 1.82) is 0 Å². The smallest absolute Gasteiger partial charge is 0.309 e. The van der Waals surface area contributed by atoms with Crippen molar-refractivity contribution in [2.75, 3.05) is 24.6 Å². The van der Waals surface area contributed by atoms with Gasteiger partial charge in [0.25, 0.3) is 0 Å². The molecular formula is C20H31NO2. The van der Waals surface area contributed by atoms with E-state index >= 15 is 0 Å². The van der Waals surface area contributed by atoms with Crippen molar-refractivity contribution in [3.8, 4) is 0 Å². The molecule has 3 nitrogen and oxygen atoms in total. The van der Waals surface area contributed by atoms with Gasteiger partial charge in [-0.3, -0.25) is 4.79 Å². The summed E-state index contributed by atoms with van der Waals surface area (Å²) in [6.07, 6.45) is 8.24. The number of carbonyl (C=O) groups is 1. The van der Waals surface area contributed by atoms with Crippen LogP contribution in [-0.2, 0) is 16.0 Å². The molecule has 1 heterocycles. The molecular weight excluding hydrogens is 286 g/mol. The number of benzene rings is 1. The number of anilines is 1. The first-order valence-corrected chi connectivity index (χ1v) is 9.25. The third-order valence-electron chi connectivity index (χ3n) is 4.74. The van der Waals surface area contributed by atoms with Gasteiger partial charge in [-0.05, 0) is 50.3 Å². The van der Waals surface area contributed by atoms with Gasteiger partial charge in [0.1, 0.15) is 0 Å². The van der Waals surface area contributed by atoms with Crippen molar-refractivity contribution in [2.24, 2.45) is 5.92 Å². The number of esters is 1. The lowest BCUT2D eigenvalue weighted by Gasteiger charge is -2.32. The number of unbranched alkanes of at least 4 members (excludes halogenated alkanes) is 3. The maximum atomic E-state index is 11.8. The quantitative estimate of drug-likeness (QED) is 0.519. The summed E-state index contributed by atoms with van der Waals surface area (Å²) in [5.41, 5.74) is 2.72. The number of aryl methyl sites for hydroxylation is 1. The predicted octanol–water partition coefficient (Wildman–Crippen LogP) is 4.59. The molecule has 3 heteroatoms. The molecule has 1 aromatic carbocycles. The average molecular weight is 317 g/mol. The van der Waals surface area contributed by atoms with Gasteiger partial charge in [-0.2, -0.15) is 0 Å². The number of rotatable bonds is 8. The summed E-state index contributed by atoms with van der Waals surface area (Å²) in [5.74, 6) is 0.0682. The molecule has 0 spiro atoms. The zero-order valence-corrected chi connectivity index (χ0v) is 14.7. The first-order chi connectivity index (χ1) is 11.2. The largest absolute Gasteiger partial charge is 0.466 e. The van der Waals surface area contributed by atoms with Gasteiger partial charge in [-0.15, -0.1) is 0 Å². The molecule has 1 saturated heterocycles. The molecule has 0 amide bonds. The van der Waals surface area contributed by atoms with Crippen LogP contribution in [0.25, 0.3) is 0 Å². The molecule has 1 aromatic rings. The van der Waals surface area contributed by atoms with Crippen LogP contribution in [0.3, 0.4) is 0 Å². The molecule has 0 aromatic heterocycles. The zero-order valence-electron chi connectivity index (χ0n) is 14.7. The highest BCUT2D eigenvalue weighted by atomic mass is 16.5. The molecule has 0 N–H and O–H groups in total. The van der Waals surface area contributed by atoms with Gasteiger partial charge in [0.2, 0.25) is 0 Å². The Morgan fingerprint density at radius 2 is 1.78 bits per heavy atom. The highest BCUT2D eigenvalue weighted by Gasteiger charge is 2.25. The number of carbonyl (C=O) groups excluding carboxylic acids is 1. The van der Waals surface area contributed by atoms with E-state index in [4.69, 9.17) is 4.74 Å². The predicted molar refractivity (Wildman–Crippen MR) is 95.9 cm³/mol. The van der Waals surface area contributed by atoms with E-state index in [2.05, 4.69) is 36.1 Å². The Hall–Kier alpha value is -1.51. The van der Waals surface area contributed by atoms with Gasteiger partial charge in [0.15, 0.2) is 0 Å². The Labute approximate surface area is 141 Å². The lowest BCUT2D eigenvalue weighted by Crippen LogP contribution is -2.36. The van der Waals surface area contributed by atoms with Crippen molar-refractivity contribution in [2.45, 2.75) is 58.8 Å². The van der Waals surface area contributed by atoms with Gasteiger partial charge < -0.3 is 9.64 Å². The first kappa shape index (κ1) is 17.8. The summed E-state index contributed by atoms with van der Waals surface area (Å²) in [6, 6.07) is 9.00. The fourth-order valence-corrected chi connectivity index (χ4v) is 3.26. The van der Waals surface area contributed by atoms with Crippen LogP contribution in [-0.4, -0.2) is 25.7 Å². The normalized spacial score (nSPS) is 15.7. The molecule has 0 unspecified atom stereocenters. The minimum Gasteiger partial charge on any atom is -0.466 e. The summed E-state index contributed by atoms with van der Waals surface area (Å²) >= 11 is 0. The van der Waals surface area contributed by atoms with Crippen LogP contribution in [0, 0.1) is 5.92 Å². The number of ether oxygens (including phenoxy) is 1. The molecule has 23 heavy (non-hydrogen) atoms. The Morgan fingerprint density at radius 1 is 1.09 bits per heavy atom. The van der Waals surface area contributed by atoms with Crippen LogP contribution in [0.2, 0.25) is 0 Å². The first-order valence-electron chi connectivity index (χ1n) is 9.25. The number of piperidine rings is 1. The standard InChI is InChI=1S/C20H31NO2/c1-3-5-6-7-8-17-9-11-19(12-10-17)21-15-13-18(14-16-21)20(22)23-4-2/h9-12,18H,3-8,13-16H2,1-2H3. The van der Waals surface area contributed by atoms with E-state index in [-0.39, 0.29) is 11.9 Å². The van der Waals surface area contributed by atoms with Crippen molar-refractivity contribution in [3.05, 3.63) is 29.8 Å². The molecule has 0 bridgehead atoms. The lowest BCUT2D eigenvalue weighted by molar-refractivity contribution is -0.148. The molecule has 0 saturated carbocycles. The van der Waals surface area contributed by atoms with E-state index in [9.17, 15) is 4.79 Å². The Bertz CT molecular complexity index is 461. The van der Waals surface area contributed by atoms with E-state index in [0.717, 1.165) is 25.9 Å². The van der Waals surface area contributed by atoms with Crippen LogP contribution < -0.4 is 4.90 Å². The van der Waals surface area contributed by atoms with Gasteiger partial charge in [0, 0.05) is 18.8 Å². The molecule has 1 aliphatic rings. The minimum atomic E-state index is -0.0189. The Kier molecular flexibility index (Phi) is 7.44. The van der Waals surface area contributed by atoms with Gasteiger partial charge in [-0.1, -0.05) is 38.3 Å². The van der Waals surface area contributed by atoms with E-state index < -0.39 is 0 Å². The fraction of sp³-hybridized carbons (Fsp3) is 0.650. The molecule has 0 aliphatic carbocycles. The second-order valence-corrected chi connectivity index (χ2v) is 6.49. The minimum absolute atomic E-state index is 0.0189. The van der Waals surface area contributed by atoms with Crippen molar-refractivity contribution in [1.82, 2.24) is 0 Å². The van der Waals surface area contributed by atoms with Gasteiger partial charge >= 0.3 is 5.97 Å². The molecule has 0 atom stereocenters. The third-order valence-corrected chi connectivity index (χ3v) is 4.74. The van der Waals surface area contributed by atoms with Crippen molar-refractivity contribution >= 4 is 11.7 Å². The third kappa shape index (κ3) is 5.56. The number of nitrogens with zero attached hydrogens (tertiary/aromatic N) is 1. The SMILES string of the molecule is CCCCCCc1ccc(N2CCC(C(=O)OCC)CC2)cc1. The molecule has 0 radical (unpaired) electrons. The van der Waals surface area contributed by atoms with Crippen molar-refractivity contribution < 1.29 is 9.53 Å². The fourth-order valence-electron chi connectivity index (χ4n) is 3.26. The number of hydrogen-bond donors (Lipinski definition) is 0. The summed E-state index contributed by atoms with van der Waals surface area (Å²) in [5, 5.41) is 0. The molecule has 1 fully saturated rings. The Morgan fingerprint density at radius 3 is 2.39 bits per heavy atom. The monoisotopic (exact) mass is 317 g/mol. The molecule has 1 aliphatic heterocycles. The second kappa shape index (κ2) is 9.59. The van der Waals surface area contributed by atoms with E-state index in [1.807, 2.05) is 6.92 Å². The summed E-state index contributed by atoms with van der Waals surface area (Å²) in [6.45, 7) is 6.49. The van der Waals surface area contributed by atoms with Gasteiger partial charge in [0.05, 0.1) is 12.5 Å². The zero-order chi connectivity index (χ0) is 16.5. The highest BCUT2D eigenvalue weighted by molar-refractivity contribution is 5.72. The number of hydrogen-bond acceptors (Lipinski definition) is 3. The summed E-state index contributed by atoms with van der Waals surface area (Å²) in [7, 11) is 0. The summed E-state index contributed by atoms with van der Waals surface area (Å²) in [4.78, 5) is 14.2. The van der Waals surface area contributed by atoms with Crippen LogP contribution in [0.15, 0.2) is 24.3 Å².